The molecule has 2 fully saturated rings. The Morgan fingerprint density at radius 1 is 1.29 bits per heavy atom. The average Bonchev–Trinajstić information content (AvgIpc) is 2.91. The lowest BCUT2D eigenvalue weighted by Gasteiger charge is -2.30. The number of nitrogens with zero attached hydrogens (tertiary/aromatic N) is 2. The summed E-state index contributed by atoms with van der Waals surface area (Å²) in [6.07, 6.45) is 5.10. The third kappa shape index (κ3) is 2.72. The van der Waals surface area contributed by atoms with E-state index in [9.17, 15) is 9.59 Å². The van der Waals surface area contributed by atoms with Crippen LogP contribution in [0.1, 0.15) is 49.9 Å². The van der Waals surface area contributed by atoms with Gasteiger partial charge in [-0.15, -0.1) is 0 Å². The smallest absolute Gasteiger partial charge is 0.258 e. The van der Waals surface area contributed by atoms with E-state index in [2.05, 4.69) is 16.9 Å². The Balaban J connectivity index is 1.60. The van der Waals surface area contributed by atoms with Crippen molar-refractivity contribution < 1.29 is 4.79 Å². The first kappa shape index (κ1) is 15.4. The highest BCUT2D eigenvalue weighted by Crippen LogP contribution is 2.32. The molecule has 1 N–H and O–H groups in total. The van der Waals surface area contributed by atoms with Crippen LogP contribution >= 0.6 is 0 Å². The summed E-state index contributed by atoms with van der Waals surface area (Å²) >= 11 is 0. The fourth-order valence-corrected chi connectivity index (χ4v) is 3.74. The third-order valence-corrected chi connectivity index (χ3v) is 5.50. The van der Waals surface area contributed by atoms with Gasteiger partial charge in [0.1, 0.15) is 5.82 Å². The number of likely N-dealkylation sites (tertiary alicyclic amines) is 1. The molecule has 126 valence electrons. The molecule has 0 unspecified atom stereocenters. The minimum atomic E-state index is -0.102. The van der Waals surface area contributed by atoms with Gasteiger partial charge in [-0.2, -0.15) is 0 Å². The number of carbonyl (C=O) groups is 1. The Kier molecular flexibility index (Phi) is 3.87. The molecule has 1 aromatic carbocycles. The zero-order valence-corrected chi connectivity index (χ0v) is 14.0. The zero-order chi connectivity index (χ0) is 16.7. The molecule has 5 heteroatoms. The summed E-state index contributed by atoms with van der Waals surface area (Å²) in [7, 11) is 0. The predicted octanol–water partition coefficient (Wildman–Crippen LogP) is 2.60. The van der Waals surface area contributed by atoms with Crippen LogP contribution in [0.25, 0.3) is 10.9 Å². The number of rotatable bonds is 4. The summed E-state index contributed by atoms with van der Waals surface area (Å²) in [5, 5.41) is 0.633. The lowest BCUT2D eigenvalue weighted by atomic mass is 9.85. The van der Waals surface area contributed by atoms with Gasteiger partial charge in [-0.25, -0.2) is 4.98 Å². The Bertz CT molecular complexity index is 838. The molecule has 0 radical (unpaired) electrons. The molecule has 1 saturated carbocycles. The van der Waals surface area contributed by atoms with Crippen LogP contribution in [0.5, 0.6) is 0 Å². The van der Waals surface area contributed by atoms with Crippen molar-refractivity contribution in [3.8, 4) is 0 Å². The lowest BCUT2D eigenvalue weighted by Crippen LogP contribution is -2.33. The number of carbonyl (C=O) groups excluding carboxylic acids is 1. The van der Waals surface area contributed by atoms with Crippen molar-refractivity contribution >= 4 is 16.8 Å². The summed E-state index contributed by atoms with van der Waals surface area (Å²) in [6.45, 7) is 3.61. The van der Waals surface area contributed by atoms with E-state index in [-0.39, 0.29) is 17.4 Å². The van der Waals surface area contributed by atoms with Crippen LogP contribution in [0, 0.1) is 5.92 Å². The number of hydrogen-bond donors (Lipinski definition) is 1. The zero-order valence-electron chi connectivity index (χ0n) is 14.0. The maximum Gasteiger partial charge on any atom is 0.258 e. The van der Waals surface area contributed by atoms with E-state index in [1.807, 2.05) is 23.1 Å². The largest absolute Gasteiger partial charge is 0.342 e. The molecule has 1 amide bonds. The molecular weight excluding hydrogens is 302 g/mol. The second-order valence-electron chi connectivity index (χ2n) is 7.15. The predicted molar refractivity (Wildman–Crippen MR) is 93.0 cm³/mol. The van der Waals surface area contributed by atoms with Crippen LogP contribution in [-0.4, -0.2) is 33.9 Å². The summed E-state index contributed by atoms with van der Waals surface area (Å²) in [5.74, 6) is 1.52. The van der Waals surface area contributed by atoms with Crippen LogP contribution in [0.3, 0.4) is 0 Å². The maximum absolute atomic E-state index is 12.4. The molecule has 1 aliphatic heterocycles. The molecule has 1 aliphatic carbocycles. The topological polar surface area (TPSA) is 66.1 Å². The highest BCUT2D eigenvalue weighted by Gasteiger charge is 2.34. The van der Waals surface area contributed by atoms with Gasteiger partial charge >= 0.3 is 0 Å². The Hall–Kier alpha value is -2.17. The van der Waals surface area contributed by atoms with Crippen LogP contribution in [0.4, 0.5) is 0 Å². The van der Waals surface area contributed by atoms with Gasteiger partial charge in [0.05, 0.1) is 10.9 Å². The monoisotopic (exact) mass is 325 g/mol. The molecule has 0 bridgehead atoms. The molecule has 5 nitrogen and oxygen atoms in total. The van der Waals surface area contributed by atoms with Crippen LogP contribution in [0.15, 0.2) is 23.0 Å². The molecular formula is C19H23N3O2. The quantitative estimate of drug-likeness (QED) is 0.939. The molecule has 2 aliphatic rings. The van der Waals surface area contributed by atoms with Gasteiger partial charge in [-0.3, -0.25) is 9.59 Å². The highest BCUT2D eigenvalue weighted by atomic mass is 16.2. The normalized spacial score (nSPS) is 21.5. The van der Waals surface area contributed by atoms with Gasteiger partial charge < -0.3 is 9.88 Å². The van der Waals surface area contributed by atoms with Gasteiger partial charge in [0.15, 0.2) is 0 Å². The van der Waals surface area contributed by atoms with Crippen molar-refractivity contribution in [1.82, 2.24) is 14.9 Å². The number of fused-ring (bicyclic) bond motifs is 1. The highest BCUT2D eigenvalue weighted by molar-refractivity contribution is 5.80. The van der Waals surface area contributed by atoms with Gasteiger partial charge in [-0.05, 0) is 42.9 Å². The van der Waals surface area contributed by atoms with Crippen molar-refractivity contribution in [2.75, 3.05) is 13.1 Å². The first-order valence-electron chi connectivity index (χ1n) is 8.94. The van der Waals surface area contributed by atoms with Crippen molar-refractivity contribution in [1.29, 1.82) is 0 Å². The van der Waals surface area contributed by atoms with Crippen molar-refractivity contribution in [3.05, 3.63) is 39.9 Å². The number of benzene rings is 1. The van der Waals surface area contributed by atoms with E-state index in [1.165, 1.54) is 19.3 Å². The minimum absolute atomic E-state index is 0.000489. The molecule has 1 aromatic heterocycles. The van der Waals surface area contributed by atoms with E-state index in [4.69, 9.17) is 0 Å². The Labute approximate surface area is 141 Å². The van der Waals surface area contributed by atoms with Gasteiger partial charge in [0.25, 0.3) is 5.56 Å². The molecule has 4 rings (SSSR count). The molecule has 1 atom stereocenters. The molecule has 2 heterocycles. The van der Waals surface area contributed by atoms with Crippen LogP contribution in [-0.2, 0) is 11.2 Å². The SMILES string of the molecule is CCc1ccc2nc([C@H]3CC(=O)N(CC4CCC4)C3)[nH]c(=O)c2c1. The molecule has 0 spiro atoms. The fraction of sp³-hybridized carbons (Fsp3) is 0.526. The summed E-state index contributed by atoms with van der Waals surface area (Å²) in [5.41, 5.74) is 1.75. The summed E-state index contributed by atoms with van der Waals surface area (Å²) in [6, 6.07) is 5.84. The van der Waals surface area contributed by atoms with Crippen molar-refractivity contribution in [2.45, 2.75) is 44.9 Å². The second kappa shape index (κ2) is 6.04. The number of aromatic nitrogens is 2. The van der Waals surface area contributed by atoms with E-state index in [0.29, 0.717) is 30.1 Å². The van der Waals surface area contributed by atoms with Gasteiger partial charge in [0.2, 0.25) is 5.91 Å². The van der Waals surface area contributed by atoms with E-state index >= 15 is 0 Å². The number of nitrogens with one attached hydrogen (secondary N) is 1. The lowest BCUT2D eigenvalue weighted by molar-refractivity contribution is -0.128. The van der Waals surface area contributed by atoms with Gasteiger partial charge in [-0.1, -0.05) is 19.4 Å². The Morgan fingerprint density at radius 2 is 2.12 bits per heavy atom. The molecule has 1 saturated heterocycles. The van der Waals surface area contributed by atoms with E-state index in [0.717, 1.165) is 24.0 Å². The number of aromatic amines is 1. The van der Waals surface area contributed by atoms with E-state index < -0.39 is 0 Å². The van der Waals surface area contributed by atoms with Gasteiger partial charge in [0, 0.05) is 25.4 Å². The number of amides is 1. The summed E-state index contributed by atoms with van der Waals surface area (Å²) in [4.78, 5) is 34.2. The fourth-order valence-electron chi connectivity index (χ4n) is 3.74. The second-order valence-corrected chi connectivity index (χ2v) is 7.15. The van der Waals surface area contributed by atoms with Crippen molar-refractivity contribution in [3.63, 3.8) is 0 Å². The average molecular weight is 325 g/mol. The maximum atomic E-state index is 12.4. The van der Waals surface area contributed by atoms with E-state index in [1.54, 1.807) is 0 Å². The third-order valence-electron chi connectivity index (χ3n) is 5.50. The number of H-pyrrole nitrogens is 1. The van der Waals surface area contributed by atoms with Crippen LogP contribution < -0.4 is 5.56 Å². The molecule has 2 aromatic rings. The Morgan fingerprint density at radius 3 is 2.83 bits per heavy atom. The first-order valence-corrected chi connectivity index (χ1v) is 8.94. The number of aryl methyl sites for hydroxylation is 1. The minimum Gasteiger partial charge on any atom is -0.342 e. The molecule has 24 heavy (non-hydrogen) atoms. The summed E-state index contributed by atoms with van der Waals surface area (Å²) < 4.78 is 0. The first-order chi connectivity index (χ1) is 11.6. The van der Waals surface area contributed by atoms with Crippen LogP contribution in [0.2, 0.25) is 0 Å². The standard InChI is InChI=1S/C19H23N3O2/c1-2-12-6-7-16-15(8-12)19(24)21-18(20-16)14-9-17(23)22(11-14)10-13-4-3-5-13/h6-8,13-14H,2-5,9-11H2,1H3,(H,20,21,24)/t14-/m0/s1. The van der Waals surface area contributed by atoms with Crippen molar-refractivity contribution in [2.24, 2.45) is 5.92 Å². The number of hydrogen-bond acceptors (Lipinski definition) is 3.